The third kappa shape index (κ3) is 2.27. The summed E-state index contributed by atoms with van der Waals surface area (Å²) in [5, 5.41) is 26.5. The summed E-state index contributed by atoms with van der Waals surface area (Å²) in [5.41, 5.74) is 1.16. The Morgan fingerprint density at radius 1 is 1.56 bits per heavy atom. The molecule has 2 aromatic rings. The molecule has 0 bridgehead atoms. The van der Waals surface area contributed by atoms with E-state index in [1.54, 1.807) is 24.1 Å². The van der Waals surface area contributed by atoms with Gasteiger partial charge in [0.1, 0.15) is 5.69 Å². The van der Waals surface area contributed by atoms with Gasteiger partial charge in [0.25, 0.3) is 5.69 Å². The van der Waals surface area contributed by atoms with E-state index in [2.05, 4.69) is 10.4 Å². The molecule has 0 unspecified atom stereocenters. The quantitative estimate of drug-likeness (QED) is 0.656. The number of hydrogen-bond donors (Lipinski definition) is 1. The van der Waals surface area contributed by atoms with Gasteiger partial charge in [-0.05, 0) is 12.1 Å². The molecule has 7 heteroatoms. The molecule has 0 saturated heterocycles. The highest BCUT2D eigenvalue weighted by atomic mass is 16.6. The first kappa shape index (κ1) is 11.6. The van der Waals surface area contributed by atoms with Crippen LogP contribution in [0.3, 0.4) is 0 Å². The van der Waals surface area contributed by atoms with Gasteiger partial charge in [-0.25, -0.2) is 0 Å². The second-order valence-electron chi connectivity index (χ2n) is 3.63. The van der Waals surface area contributed by atoms with Crippen LogP contribution < -0.4 is 5.32 Å². The maximum Gasteiger partial charge on any atom is 0.292 e. The van der Waals surface area contributed by atoms with Crippen molar-refractivity contribution >= 4 is 17.1 Å². The van der Waals surface area contributed by atoms with Crippen LogP contribution in [0.25, 0.3) is 0 Å². The van der Waals surface area contributed by atoms with Crippen LogP contribution in [-0.2, 0) is 7.05 Å². The third-order valence-corrected chi connectivity index (χ3v) is 2.31. The predicted molar refractivity (Wildman–Crippen MR) is 64.3 cm³/mol. The molecule has 0 saturated carbocycles. The number of nitrogens with one attached hydrogen (secondary N) is 1. The molecule has 0 aliphatic rings. The highest BCUT2D eigenvalue weighted by Gasteiger charge is 2.14. The highest BCUT2D eigenvalue weighted by Crippen LogP contribution is 2.28. The summed E-state index contributed by atoms with van der Waals surface area (Å²) in [5.74, 6) is 0. The maximum atomic E-state index is 10.9. The maximum absolute atomic E-state index is 10.9. The number of benzene rings is 1. The Morgan fingerprint density at radius 3 is 2.89 bits per heavy atom. The largest absolute Gasteiger partial charge is 0.347 e. The molecule has 1 aromatic heterocycles. The predicted octanol–water partition coefficient (Wildman–Crippen LogP) is 1.94. The molecule has 1 N–H and O–H groups in total. The molecule has 18 heavy (non-hydrogen) atoms. The number of nitro benzene ring substituents is 1. The lowest BCUT2D eigenvalue weighted by Gasteiger charge is -2.04. The van der Waals surface area contributed by atoms with Crippen LogP contribution in [0.4, 0.5) is 17.1 Å². The number of nitrogens with zero attached hydrogens (tertiary/aromatic N) is 4. The minimum Gasteiger partial charge on any atom is -0.347 e. The van der Waals surface area contributed by atoms with Crippen molar-refractivity contribution in [2.45, 2.75) is 0 Å². The molecular formula is C11H9N5O2. The Hall–Kier alpha value is -2.88. The lowest BCUT2D eigenvalue weighted by Crippen LogP contribution is -1.97. The molecule has 0 spiro atoms. The van der Waals surface area contributed by atoms with E-state index in [-0.39, 0.29) is 11.4 Å². The van der Waals surface area contributed by atoms with E-state index in [4.69, 9.17) is 5.26 Å². The van der Waals surface area contributed by atoms with Gasteiger partial charge >= 0.3 is 0 Å². The first-order chi connectivity index (χ1) is 8.60. The van der Waals surface area contributed by atoms with Gasteiger partial charge in [-0.15, -0.1) is 0 Å². The molecule has 90 valence electrons. The van der Waals surface area contributed by atoms with Crippen molar-refractivity contribution < 1.29 is 4.92 Å². The summed E-state index contributed by atoms with van der Waals surface area (Å²) < 4.78 is 1.57. The first-order valence-electron chi connectivity index (χ1n) is 5.04. The van der Waals surface area contributed by atoms with E-state index >= 15 is 0 Å². The van der Waals surface area contributed by atoms with Gasteiger partial charge in [0.2, 0.25) is 0 Å². The van der Waals surface area contributed by atoms with Gasteiger partial charge in [-0.2, -0.15) is 10.4 Å². The molecule has 0 aliphatic heterocycles. The van der Waals surface area contributed by atoms with Gasteiger partial charge < -0.3 is 5.32 Å². The summed E-state index contributed by atoms with van der Waals surface area (Å²) in [6.07, 6.45) is 3.23. The zero-order valence-electron chi connectivity index (χ0n) is 9.49. The lowest BCUT2D eigenvalue weighted by molar-refractivity contribution is -0.383. The standard InChI is InChI=1S/C11H9N5O2/c1-15-7-9(6-13-15)14-10-4-8(5-12)2-3-11(10)16(17)18/h2-4,6-7,14H,1H3. The molecule has 1 heterocycles. The molecule has 0 amide bonds. The Balaban J connectivity index is 2.41. The van der Waals surface area contributed by atoms with E-state index in [1.165, 1.54) is 18.2 Å². The van der Waals surface area contributed by atoms with Gasteiger partial charge in [0, 0.05) is 19.3 Å². The summed E-state index contributed by atoms with van der Waals surface area (Å²) in [6, 6.07) is 6.09. The summed E-state index contributed by atoms with van der Waals surface area (Å²) in [6.45, 7) is 0. The normalized spacial score (nSPS) is 9.78. The third-order valence-electron chi connectivity index (χ3n) is 2.31. The van der Waals surface area contributed by atoms with Crippen molar-refractivity contribution in [1.29, 1.82) is 5.26 Å². The van der Waals surface area contributed by atoms with Crippen molar-refractivity contribution in [3.05, 3.63) is 46.3 Å². The molecule has 7 nitrogen and oxygen atoms in total. The summed E-state index contributed by atoms with van der Waals surface area (Å²) >= 11 is 0. The van der Waals surface area contributed by atoms with Crippen LogP contribution in [0.15, 0.2) is 30.6 Å². The van der Waals surface area contributed by atoms with Crippen LogP contribution in [0.5, 0.6) is 0 Å². The number of anilines is 2. The average Bonchev–Trinajstić information content (AvgIpc) is 2.74. The number of nitriles is 1. The Kier molecular flexibility index (Phi) is 2.93. The number of rotatable bonds is 3. The summed E-state index contributed by atoms with van der Waals surface area (Å²) in [7, 11) is 1.74. The van der Waals surface area contributed by atoms with E-state index in [0.717, 1.165) is 0 Å². The molecule has 0 radical (unpaired) electrons. The van der Waals surface area contributed by atoms with Gasteiger partial charge in [0.15, 0.2) is 0 Å². The van der Waals surface area contributed by atoms with E-state index < -0.39 is 4.92 Å². The van der Waals surface area contributed by atoms with Crippen LogP contribution in [0.2, 0.25) is 0 Å². The topological polar surface area (TPSA) is 96.8 Å². The molecule has 0 atom stereocenters. The van der Waals surface area contributed by atoms with Crippen molar-refractivity contribution in [2.24, 2.45) is 7.05 Å². The van der Waals surface area contributed by atoms with Crippen LogP contribution in [0, 0.1) is 21.4 Å². The Labute approximate surface area is 102 Å². The fourth-order valence-corrected chi connectivity index (χ4v) is 1.51. The van der Waals surface area contributed by atoms with E-state index in [9.17, 15) is 10.1 Å². The van der Waals surface area contributed by atoms with Crippen LogP contribution >= 0.6 is 0 Å². The fourth-order valence-electron chi connectivity index (χ4n) is 1.51. The molecule has 1 aromatic carbocycles. The number of hydrogen-bond acceptors (Lipinski definition) is 5. The zero-order valence-corrected chi connectivity index (χ0v) is 9.49. The van der Waals surface area contributed by atoms with Crippen LogP contribution in [-0.4, -0.2) is 14.7 Å². The second-order valence-corrected chi connectivity index (χ2v) is 3.63. The monoisotopic (exact) mass is 243 g/mol. The Bertz CT molecular complexity index is 641. The summed E-state index contributed by atoms with van der Waals surface area (Å²) in [4.78, 5) is 10.4. The molecule has 0 fully saturated rings. The van der Waals surface area contributed by atoms with E-state index in [1.807, 2.05) is 6.07 Å². The number of aromatic nitrogens is 2. The van der Waals surface area contributed by atoms with Gasteiger partial charge in [-0.3, -0.25) is 14.8 Å². The van der Waals surface area contributed by atoms with Gasteiger partial charge in [0.05, 0.1) is 28.4 Å². The zero-order chi connectivity index (χ0) is 13.1. The van der Waals surface area contributed by atoms with E-state index in [0.29, 0.717) is 11.3 Å². The van der Waals surface area contributed by atoms with Gasteiger partial charge in [-0.1, -0.05) is 0 Å². The molecule has 0 aliphatic carbocycles. The average molecular weight is 243 g/mol. The number of aryl methyl sites for hydroxylation is 1. The molecule has 2 rings (SSSR count). The Morgan fingerprint density at radius 2 is 2.33 bits per heavy atom. The lowest BCUT2D eigenvalue weighted by atomic mass is 10.2. The SMILES string of the molecule is Cn1cc(Nc2cc(C#N)ccc2[N+](=O)[O-])cn1. The van der Waals surface area contributed by atoms with Crippen molar-refractivity contribution in [3.63, 3.8) is 0 Å². The minimum atomic E-state index is -0.500. The smallest absolute Gasteiger partial charge is 0.292 e. The number of nitro groups is 1. The minimum absolute atomic E-state index is 0.0853. The van der Waals surface area contributed by atoms with Crippen molar-refractivity contribution in [1.82, 2.24) is 9.78 Å². The second kappa shape index (κ2) is 4.55. The first-order valence-corrected chi connectivity index (χ1v) is 5.04. The molecular weight excluding hydrogens is 234 g/mol. The van der Waals surface area contributed by atoms with Crippen molar-refractivity contribution in [2.75, 3.05) is 5.32 Å². The fraction of sp³-hybridized carbons (Fsp3) is 0.0909. The van der Waals surface area contributed by atoms with Crippen molar-refractivity contribution in [3.8, 4) is 6.07 Å². The highest BCUT2D eigenvalue weighted by molar-refractivity contribution is 5.70. The van der Waals surface area contributed by atoms with Crippen LogP contribution in [0.1, 0.15) is 5.56 Å².